The average Bonchev–Trinajstić information content (AvgIpc) is 3.47. The predicted octanol–water partition coefficient (Wildman–Crippen LogP) is 3.45. The Morgan fingerprint density at radius 3 is 2.69 bits per heavy atom. The molecule has 0 spiro atoms. The Hall–Kier alpha value is -1.46. The lowest BCUT2D eigenvalue weighted by Gasteiger charge is -2.42. The summed E-state index contributed by atoms with van der Waals surface area (Å²) >= 11 is 0. The SMILES string of the molecule is CC(C)CC1(NC(=O)C2CCCN(C3CCN(Cc4cccnc4)CC3)C2)CC1. The van der Waals surface area contributed by atoms with Crippen molar-refractivity contribution in [2.75, 3.05) is 26.2 Å². The van der Waals surface area contributed by atoms with Gasteiger partial charge in [-0.2, -0.15) is 0 Å². The van der Waals surface area contributed by atoms with Crippen LogP contribution in [0.25, 0.3) is 0 Å². The molecule has 3 aliphatic rings. The molecule has 1 atom stereocenters. The minimum Gasteiger partial charge on any atom is -0.350 e. The molecule has 0 aromatic carbocycles. The molecule has 3 heterocycles. The van der Waals surface area contributed by atoms with E-state index in [-0.39, 0.29) is 11.5 Å². The Morgan fingerprint density at radius 1 is 1.24 bits per heavy atom. The van der Waals surface area contributed by atoms with Crippen molar-refractivity contribution in [1.29, 1.82) is 0 Å². The van der Waals surface area contributed by atoms with Crippen LogP contribution in [0.4, 0.5) is 0 Å². The van der Waals surface area contributed by atoms with Gasteiger partial charge in [0, 0.05) is 37.1 Å². The number of nitrogens with zero attached hydrogens (tertiary/aromatic N) is 3. The molecule has 1 saturated carbocycles. The average molecular weight is 399 g/mol. The molecule has 160 valence electrons. The molecule has 3 fully saturated rings. The number of nitrogens with one attached hydrogen (secondary N) is 1. The van der Waals surface area contributed by atoms with Crippen molar-refractivity contribution in [3.05, 3.63) is 30.1 Å². The maximum Gasteiger partial charge on any atom is 0.224 e. The first kappa shape index (κ1) is 20.8. The van der Waals surface area contributed by atoms with Gasteiger partial charge in [0.05, 0.1) is 5.92 Å². The third-order valence-corrected chi connectivity index (χ3v) is 7.07. The summed E-state index contributed by atoms with van der Waals surface area (Å²) in [6.07, 6.45) is 11.9. The van der Waals surface area contributed by atoms with Gasteiger partial charge in [-0.05, 0) is 82.1 Å². The Labute approximate surface area is 176 Å². The number of likely N-dealkylation sites (tertiary alicyclic amines) is 2. The number of rotatable bonds is 7. The second-order valence-electron chi connectivity index (χ2n) is 10.1. The van der Waals surface area contributed by atoms with Gasteiger partial charge in [-0.25, -0.2) is 0 Å². The molecule has 0 bridgehead atoms. The van der Waals surface area contributed by atoms with Crippen LogP contribution in [0, 0.1) is 11.8 Å². The van der Waals surface area contributed by atoms with Crippen molar-refractivity contribution >= 4 is 5.91 Å². The number of pyridine rings is 1. The molecule has 2 aliphatic heterocycles. The van der Waals surface area contributed by atoms with Gasteiger partial charge in [-0.1, -0.05) is 19.9 Å². The van der Waals surface area contributed by atoms with E-state index in [1.54, 1.807) is 0 Å². The topological polar surface area (TPSA) is 48.5 Å². The Kier molecular flexibility index (Phi) is 6.55. The van der Waals surface area contributed by atoms with Gasteiger partial charge in [0.25, 0.3) is 0 Å². The van der Waals surface area contributed by atoms with Crippen LogP contribution >= 0.6 is 0 Å². The van der Waals surface area contributed by atoms with Crippen molar-refractivity contribution < 1.29 is 4.79 Å². The number of piperidine rings is 2. The van der Waals surface area contributed by atoms with E-state index < -0.39 is 0 Å². The summed E-state index contributed by atoms with van der Waals surface area (Å²) in [4.78, 5) is 22.4. The van der Waals surface area contributed by atoms with Crippen LogP contribution in [0.15, 0.2) is 24.5 Å². The van der Waals surface area contributed by atoms with Crippen LogP contribution in [-0.2, 0) is 11.3 Å². The normalized spacial score (nSPS) is 25.8. The highest BCUT2D eigenvalue weighted by atomic mass is 16.2. The smallest absolute Gasteiger partial charge is 0.224 e. The largest absolute Gasteiger partial charge is 0.350 e. The minimum atomic E-state index is 0.130. The molecule has 1 unspecified atom stereocenters. The molecule has 1 N–H and O–H groups in total. The highest BCUT2D eigenvalue weighted by molar-refractivity contribution is 5.80. The zero-order chi connectivity index (χ0) is 20.3. The van der Waals surface area contributed by atoms with E-state index in [2.05, 4.69) is 40.0 Å². The minimum absolute atomic E-state index is 0.130. The van der Waals surface area contributed by atoms with Crippen LogP contribution in [0.3, 0.4) is 0 Å². The highest BCUT2D eigenvalue weighted by Crippen LogP contribution is 2.41. The van der Waals surface area contributed by atoms with Crippen LogP contribution in [0.2, 0.25) is 0 Å². The molecule has 4 rings (SSSR count). The maximum atomic E-state index is 13.0. The number of amides is 1. The third kappa shape index (κ3) is 5.58. The van der Waals surface area contributed by atoms with Gasteiger partial charge in [0.15, 0.2) is 0 Å². The molecular formula is C24H38N4O. The first-order valence-electron chi connectivity index (χ1n) is 11.7. The number of hydrogen-bond acceptors (Lipinski definition) is 4. The fourth-order valence-electron chi connectivity index (χ4n) is 5.42. The summed E-state index contributed by atoms with van der Waals surface area (Å²) in [5.41, 5.74) is 1.43. The zero-order valence-electron chi connectivity index (χ0n) is 18.3. The van der Waals surface area contributed by atoms with Crippen LogP contribution in [0.5, 0.6) is 0 Å². The molecule has 2 saturated heterocycles. The lowest BCUT2D eigenvalue weighted by molar-refractivity contribution is -0.128. The summed E-state index contributed by atoms with van der Waals surface area (Å²) in [6.45, 7) is 9.92. The van der Waals surface area contributed by atoms with Crippen molar-refractivity contribution in [2.45, 2.75) is 76.9 Å². The Morgan fingerprint density at radius 2 is 2.03 bits per heavy atom. The summed E-state index contributed by atoms with van der Waals surface area (Å²) < 4.78 is 0. The molecule has 1 aromatic heterocycles. The fourth-order valence-corrected chi connectivity index (χ4v) is 5.42. The van der Waals surface area contributed by atoms with Crippen molar-refractivity contribution in [3.8, 4) is 0 Å². The number of carbonyl (C=O) groups excluding carboxylic acids is 1. The molecule has 5 heteroatoms. The molecular weight excluding hydrogens is 360 g/mol. The van der Waals surface area contributed by atoms with E-state index in [9.17, 15) is 4.79 Å². The summed E-state index contributed by atoms with van der Waals surface area (Å²) in [5, 5.41) is 3.45. The van der Waals surface area contributed by atoms with Gasteiger partial charge in [0.2, 0.25) is 5.91 Å². The molecule has 1 amide bonds. The number of aromatic nitrogens is 1. The van der Waals surface area contributed by atoms with E-state index in [1.807, 2.05) is 18.5 Å². The zero-order valence-corrected chi connectivity index (χ0v) is 18.3. The highest BCUT2D eigenvalue weighted by Gasteiger charge is 2.45. The Bertz CT molecular complexity index is 665. The molecule has 1 aromatic rings. The molecule has 29 heavy (non-hydrogen) atoms. The van der Waals surface area contributed by atoms with Gasteiger partial charge in [-0.15, -0.1) is 0 Å². The predicted molar refractivity (Wildman–Crippen MR) is 116 cm³/mol. The van der Waals surface area contributed by atoms with Crippen molar-refractivity contribution in [2.24, 2.45) is 11.8 Å². The molecule has 1 aliphatic carbocycles. The van der Waals surface area contributed by atoms with E-state index >= 15 is 0 Å². The lowest BCUT2D eigenvalue weighted by Crippen LogP contribution is -2.52. The van der Waals surface area contributed by atoms with E-state index in [0.717, 1.165) is 52.0 Å². The van der Waals surface area contributed by atoms with E-state index in [4.69, 9.17) is 0 Å². The first-order valence-corrected chi connectivity index (χ1v) is 11.7. The Balaban J connectivity index is 1.24. The van der Waals surface area contributed by atoms with Gasteiger partial charge < -0.3 is 5.32 Å². The third-order valence-electron chi connectivity index (χ3n) is 7.07. The summed E-state index contributed by atoms with van der Waals surface area (Å²) in [6, 6.07) is 4.83. The van der Waals surface area contributed by atoms with Crippen LogP contribution in [0.1, 0.15) is 64.4 Å². The van der Waals surface area contributed by atoms with Crippen molar-refractivity contribution in [3.63, 3.8) is 0 Å². The second kappa shape index (κ2) is 9.13. The van der Waals surface area contributed by atoms with Gasteiger partial charge in [-0.3, -0.25) is 19.6 Å². The fraction of sp³-hybridized carbons (Fsp3) is 0.750. The summed E-state index contributed by atoms with van der Waals surface area (Å²) in [5.74, 6) is 1.15. The van der Waals surface area contributed by atoms with Crippen molar-refractivity contribution in [1.82, 2.24) is 20.1 Å². The van der Waals surface area contributed by atoms with E-state index in [0.29, 0.717) is 17.9 Å². The van der Waals surface area contributed by atoms with Gasteiger partial charge in [0.1, 0.15) is 0 Å². The van der Waals surface area contributed by atoms with Crippen LogP contribution in [-0.4, -0.2) is 58.5 Å². The van der Waals surface area contributed by atoms with Gasteiger partial charge >= 0.3 is 0 Å². The number of hydrogen-bond donors (Lipinski definition) is 1. The summed E-state index contributed by atoms with van der Waals surface area (Å²) in [7, 11) is 0. The molecule has 5 nitrogen and oxygen atoms in total. The second-order valence-corrected chi connectivity index (χ2v) is 10.1. The monoisotopic (exact) mass is 398 g/mol. The quantitative estimate of drug-likeness (QED) is 0.764. The van der Waals surface area contributed by atoms with Crippen LogP contribution < -0.4 is 5.32 Å². The number of carbonyl (C=O) groups is 1. The van der Waals surface area contributed by atoms with E-state index in [1.165, 1.54) is 31.2 Å². The standard InChI is InChI=1S/C24H38N4O/c1-19(2)15-24(9-10-24)26-23(29)21-6-4-12-28(18-21)22-7-13-27(14-8-22)17-20-5-3-11-25-16-20/h3,5,11,16,19,21-22H,4,6-10,12-15,17-18H2,1-2H3,(H,26,29). The first-order chi connectivity index (χ1) is 14.0. The lowest BCUT2D eigenvalue weighted by atomic mass is 9.92. The maximum absolute atomic E-state index is 13.0. The molecule has 0 radical (unpaired) electrons.